The Balaban J connectivity index is 1.77. The van der Waals surface area contributed by atoms with Gasteiger partial charge in [-0.2, -0.15) is 0 Å². The molecule has 0 aliphatic rings. The molecule has 0 bridgehead atoms. The van der Waals surface area contributed by atoms with E-state index in [0.717, 1.165) is 33.4 Å². The molecule has 1 heteroatoms. The third-order valence-electron chi connectivity index (χ3n) is 5.43. The molecular weight excluding hydrogens is 376 g/mol. The van der Waals surface area contributed by atoms with Crippen molar-refractivity contribution in [2.45, 2.75) is 12.2 Å². The molecule has 0 saturated heterocycles. The van der Waals surface area contributed by atoms with Gasteiger partial charge in [-0.05, 0) is 33.4 Å². The Hall–Kier alpha value is -3.68. The van der Waals surface area contributed by atoms with E-state index in [2.05, 4.69) is 110 Å². The lowest BCUT2D eigenvalue weighted by Crippen LogP contribution is -2.13. The van der Waals surface area contributed by atoms with Crippen molar-refractivity contribution in [3.8, 4) is 0 Å². The molecule has 0 heterocycles. The summed E-state index contributed by atoms with van der Waals surface area (Å²) in [5, 5.41) is 0. The second-order valence-electron chi connectivity index (χ2n) is 7.46. The first-order chi connectivity index (χ1) is 15.3. The van der Waals surface area contributed by atoms with Gasteiger partial charge in [-0.25, -0.2) is 0 Å². The molecule has 0 amide bonds. The molecule has 4 rings (SSSR count). The van der Waals surface area contributed by atoms with E-state index >= 15 is 0 Å². The van der Waals surface area contributed by atoms with Crippen molar-refractivity contribution in [3.05, 3.63) is 156 Å². The van der Waals surface area contributed by atoms with Crippen molar-refractivity contribution in [2.24, 2.45) is 0 Å². The topological polar surface area (TPSA) is 9.23 Å². The summed E-state index contributed by atoms with van der Waals surface area (Å²) in [5.74, 6) is 0. The Bertz CT molecular complexity index is 1020. The minimum atomic E-state index is -0.204. The number of rotatable bonds is 8. The third kappa shape index (κ3) is 4.91. The van der Waals surface area contributed by atoms with Crippen molar-refractivity contribution < 1.29 is 4.74 Å². The van der Waals surface area contributed by atoms with E-state index in [1.807, 2.05) is 24.3 Å². The molecule has 0 spiro atoms. The molecule has 4 aromatic rings. The van der Waals surface area contributed by atoms with Crippen LogP contribution in [0.15, 0.2) is 122 Å². The minimum Gasteiger partial charge on any atom is -0.356 e. The van der Waals surface area contributed by atoms with E-state index in [0.29, 0.717) is 0 Å². The highest BCUT2D eigenvalue weighted by molar-refractivity contribution is 5.49. The van der Waals surface area contributed by atoms with Gasteiger partial charge >= 0.3 is 0 Å². The zero-order chi connectivity index (χ0) is 21.5. The maximum atomic E-state index is 6.89. The molecule has 0 aromatic heterocycles. The SMILES string of the molecule is C=Cc1ccc(C(OC(c2ccccc2)c2ccc(C=C)cc2)c2ccccc2)cc1. The molecule has 152 valence electrons. The standard InChI is InChI=1S/C30H26O/c1-3-23-15-19-27(20-16-23)29(25-11-7-5-8-12-25)31-30(26-13-9-6-10-14-26)28-21-17-24(4-2)18-22-28/h3-22,29-30H,1-2H2. The molecule has 0 saturated carbocycles. The quantitative estimate of drug-likeness (QED) is 0.291. The predicted molar refractivity (Wildman–Crippen MR) is 131 cm³/mol. The van der Waals surface area contributed by atoms with Crippen LogP contribution < -0.4 is 0 Å². The van der Waals surface area contributed by atoms with Gasteiger partial charge in [0.05, 0.1) is 0 Å². The van der Waals surface area contributed by atoms with Crippen molar-refractivity contribution >= 4 is 12.2 Å². The predicted octanol–water partition coefficient (Wildman–Crippen LogP) is 7.87. The first-order valence-corrected chi connectivity index (χ1v) is 10.5. The van der Waals surface area contributed by atoms with Gasteiger partial charge < -0.3 is 4.74 Å². The molecule has 0 radical (unpaired) electrons. The maximum Gasteiger partial charge on any atom is 0.109 e. The molecule has 2 unspecified atom stereocenters. The highest BCUT2D eigenvalue weighted by Gasteiger charge is 2.23. The van der Waals surface area contributed by atoms with E-state index in [-0.39, 0.29) is 12.2 Å². The van der Waals surface area contributed by atoms with Gasteiger partial charge in [-0.1, -0.05) is 135 Å². The number of hydrogen-bond acceptors (Lipinski definition) is 1. The Labute approximate surface area is 185 Å². The van der Waals surface area contributed by atoms with Gasteiger partial charge in [-0.15, -0.1) is 0 Å². The number of ether oxygens (including phenoxy) is 1. The second-order valence-corrected chi connectivity index (χ2v) is 7.46. The average Bonchev–Trinajstić information content (AvgIpc) is 2.86. The fraction of sp³-hybridized carbons (Fsp3) is 0.0667. The van der Waals surface area contributed by atoms with Crippen molar-refractivity contribution in [1.82, 2.24) is 0 Å². The monoisotopic (exact) mass is 402 g/mol. The molecule has 4 aromatic carbocycles. The molecule has 0 aliphatic heterocycles. The molecule has 2 atom stereocenters. The zero-order valence-electron chi connectivity index (χ0n) is 17.5. The van der Waals surface area contributed by atoms with E-state index in [4.69, 9.17) is 4.74 Å². The summed E-state index contributed by atoms with van der Waals surface area (Å²) in [6, 6.07) is 37.6. The van der Waals surface area contributed by atoms with Crippen LogP contribution >= 0.6 is 0 Å². The normalized spacial score (nSPS) is 12.6. The summed E-state index contributed by atoms with van der Waals surface area (Å²) in [6.07, 6.45) is 3.31. The van der Waals surface area contributed by atoms with Crippen LogP contribution in [0, 0.1) is 0 Å². The van der Waals surface area contributed by atoms with E-state index in [1.165, 1.54) is 0 Å². The van der Waals surface area contributed by atoms with Crippen LogP contribution in [-0.2, 0) is 4.74 Å². The summed E-state index contributed by atoms with van der Waals surface area (Å²) in [7, 11) is 0. The van der Waals surface area contributed by atoms with Gasteiger partial charge in [-0.3, -0.25) is 0 Å². The first kappa shape index (κ1) is 20.6. The van der Waals surface area contributed by atoms with Gasteiger partial charge in [0.15, 0.2) is 0 Å². The summed E-state index contributed by atoms with van der Waals surface area (Å²) in [4.78, 5) is 0. The summed E-state index contributed by atoms with van der Waals surface area (Å²) >= 11 is 0. The van der Waals surface area contributed by atoms with Crippen LogP contribution in [0.2, 0.25) is 0 Å². The van der Waals surface area contributed by atoms with E-state index < -0.39 is 0 Å². The molecule has 31 heavy (non-hydrogen) atoms. The molecular formula is C30H26O. The lowest BCUT2D eigenvalue weighted by atomic mass is 9.97. The minimum absolute atomic E-state index is 0.204. The lowest BCUT2D eigenvalue weighted by Gasteiger charge is -2.27. The van der Waals surface area contributed by atoms with Gasteiger partial charge in [0, 0.05) is 0 Å². The Kier molecular flexibility index (Phi) is 6.56. The highest BCUT2D eigenvalue weighted by atomic mass is 16.5. The van der Waals surface area contributed by atoms with Gasteiger partial charge in [0.25, 0.3) is 0 Å². The summed E-state index contributed by atoms with van der Waals surface area (Å²) in [6.45, 7) is 7.73. The number of benzene rings is 4. The maximum absolute atomic E-state index is 6.89. The van der Waals surface area contributed by atoms with Crippen LogP contribution in [0.3, 0.4) is 0 Å². The van der Waals surface area contributed by atoms with Crippen LogP contribution in [0.1, 0.15) is 45.6 Å². The Morgan fingerprint density at radius 2 is 0.774 bits per heavy atom. The fourth-order valence-corrected chi connectivity index (χ4v) is 3.70. The average molecular weight is 403 g/mol. The van der Waals surface area contributed by atoms with Crippen LogP contribution in [0.5, 0.6) is 0 Å². The highest BCUT2D eigenvalue weighted by Crippen LogP contribution is 2.36. The van der Waals surface area contributed by atoms with Crippen LogP contribution in [0.25, 0.3) is 12.2 Å². The van der Waals surface area contributed by atoms with Gasteiger partial charge in [0.1, 0.15) is 12.2 Å². The van der Waals surface area contributed by atoms with Crippen LogP contribution in [-0.4, -0.2) is 0 Å². The number of hydrogen-bond donors (Lipinski definition) is 0. The summed E-state index contributed by atoms with van der Waals surface area (Å²) in [5.41, 5.74) is 6.65. The zero-order valence-corrected chi connectivity index (χ0v) is 17.5. The van der Waals surface area contributed by atoms with Crippen molar-refractivity contribution in [3.63, 3.8) is 0 Å². The molecule has 0 fully saturated rings. The fourth-order valence-electron chi connectivity index (χ4n) is 3.70. The first-order valence-electron chi connectivity index (χ1n) is 10.5. The van der Waals surface area contributed by atoms with Crippen LogP contribution in [0.4, 0.5) is 0 Å². The molecule has 1 nitrogen and oxygen atoms in total. The van der Waals surface area contributed by atoms with E-state index in [1.54, 1.807) is 0 Å². The largest absolute Gasteiger partial charge is 0.356 e. The van der Waals surface area contributed by atoms with E-state index in [9.17, 15) is 0 Å². The summed E-state index contributed by atoms with van der Waals surface area (Å²) < 4.78 is 6.89. The molecule has 0 aliphatic carbocycles. The Morgan fingerprint density at radius 1 is 0.452 bits per heavy atom. The Morgan fingerprint density at radius 3 is 1.10 bits per heavy atom. The third-order valence-corrected chi connectivity index (χ3v) is 5.43. The van der Waals surface area contributed by atoms with Crippen molar-refractivity contribution in [1.29, 1.82) is 0 Å². The second kappa shape index (κ2) is 9.88. The smallest absolute Gasteiger partial charge is 0.109 e. The van der Waals surface area contributed by atoms with Crippen molar-refractivity contribution in [2.75, 3.05) is 0 Å². The molecule has 0 N–H and O–H groups in total. The lowest BCUT2D eigenvalue weighted by molar-refractivity contribution is 0.0308. The van der Waals surface area contributed by atoms with Gasteiger partial charge in [0.2, 0.25) is 0 Å².